The second-order valence-electron chi connectivity index (χ2n) is 8.18. The van der Waals surface area contributed by atoms with Gasteiger partial charge >= 0.3 is 11.9 Å². The number of fused-ring (bicyclic) bond motifs is 1. The number of benzene rings is 1. The third-order valence-corrected chi connectivity index (χ3v) is 7.09. The molecule has 1 amide bonds. The van der Waals surface area contributed by atoms with Crippen molar-refractivity contribution in [2.24, 2.45) is 5.92 Å². The largest absolute Gasteiger partial charge is 0.480 e. The summed E-state index contributed by atoms with van der Waals surface area (Å²) in [5.74, 6) is -1.43. The van der Waals surface area contributed by atoms with Crippen molar-refractivity contribution >= 4 is 35.3 Å². The maximum absolute atomic E-state index is 13.1. The molecule has 3 rings (SSSR count). The summed E-state index contributed by atoms with van der Waals surface area (Å²) >= 11 is 1.44. The Bertz CT molecular complexity index is 784. The molecule has 1 aromatic carbocycles. The topological polar surface area (TPSA) is 119 Å². The van der Waals surface area contributed by atoms with Crippen molar-refractivity contribution in [2.75, 3.05) is 30.3 Å². The van der Waals surface area contributed by atoms with Crippen LogP contribution in [-0.2, 0) is 14.4 Å². The Hall–Kier alpha value is -2.10. The molecule has 0 saturated carbocycles. The van der Waals surface area contributed by atoms with E-state index in [4.69, 9.17) is 0 Å². The molecule has 9 heteroatoms. The number of carboxylic acid groups (broad SMARTS) is 2. The van der Waals surface area contributed by atoms with E-state index in [1.807, 2.05) is 12.1 Å². The van der Waals surface area contributed by atoms with Crippen molar-refractivity contribution in [2.45, 2.75) is 55.5 Å². The van der Waals surface area contributed by atoms with E-state index in [1.54, 1.807) is 12.1 Å². The van der Waals surface area contributed by atoms with Crippen LogP contribution in [0.1, 0.15) is 38.5 Å². The van der Waals surface area contributed by atoms with Crippen LogP contribution in [0.15, 0.2) is 29.2 Å². The van der Waals surface area contributed by atoms with Gasteiger partial charge in [0.1, 0.15) is 12.6 Å². The van der Waals surface area contributed by atoms with Crippen molar-refractivity contribution in [3.63, 3.8) is 0 Å². The number of piperidine rings is 1. The number of carbonyl (C=O) groups excluding carboxylic acids is 1. The number of carbonyl (C=O) groups is 3. The van der Waals surface area contributed by atoms with Crippen molar-refractivity contribution in [3.05, 3.63) is 24.3 Å². The molecule has 0 unspecified atom stereocenters. The molecule has 0 aliphatic carbocycles. The molecule has 1 saturated heterocycles. The lowest BCUT2D eigenvalue weighted by Gasteiger charge is -2.26. The van der Waals surface area contributed by atoms with Crippen LogP contribution in [0, 0.1) is 5.92 Å². The highest BCUT2D eigenvalue weighted by Crippen LogP contribution is 2.34. The quantitative estimate of drug-likeness (QED) is 0.402. The first-order valence-electron chi connectivity index (χ1n) is 10.9. The Morgan fingerprint density at radius 3 is 2.65 bits per heavy atom. The summed E-state index contributed by atoms with van der Waals surface area (Å²) in [6.45, 7) is 1.66. The van der Waals surface area contributed by atoms with Crippen LogP contribution in [0.25, 0.3) is 0 Å². The van der Waals surface area contributed by atoms with Gasteiger partial charge in [0, 0.05) is 10.6 Å². The van der Waals surface area contributed by atoms with Gasteiger partial charge < -0.3 is 15.5 Å². The number of unbranched alkanes of at least 4 members (excludes halogenated alkanes) is 1. The first kappa shape index (κ1) is 23.6. The van der Waals surface area contributed by atoms with Crippen molar-refractivity contribution < 1.29 is 24.6 Å². The third-order valence-electron chi connectivity index (χ3n) is 5.93. The molecular weight excluding hydrogens is 418 g/mol. The number of thioether (sulfide) groups is 1. The highest BCUT2D eigenvalue weighted by atomic mass is 32.2. The van der Waals surface area contributed by atoms with Crippen LogP contribution < -0.4 is 15.5 Å². The van der Waals surface area contributed by atoms with Crippen LogP contribution in [0.2, 0.25) is 0 Å². The number of para-hydroxylation sites is 1. The molecule has 8 nitrogen and oxygen atoms in total. The number of rotatable bonds is 10. The molecule has 2 aliphatic heterocycles. The van der Waals surface area contributed by atoms with Crippen molar-refractivity contribution in [1.29, 1.82) is 0 Å². The molecule has 2 aliphatic rings. The molecule has 0 radical (unpaired) electrons. The molecular formula is C22H31N3O5S. The lowest BCUT2D eigenvalue weighted by atomic mass is 9.92. The number of aliphatic carboxylic acids is 2. The van der Waals surface area contributed by atoms with E-state index in [9.17, 15) is 24.6 Å². The molecule has 2 heterocycles. The summed E-state index contributed by atoms with van der Waals surface area (Å²) in [7, 11) is 0. The molecule has 4 N–H and O–H groups in total. The number of hydrogen-bond acceptors (Lipinski definition) is 6. The highest BCUT2D eigenvalue weighted by Gasteiger charge is 2.34. The summed E-state index contributed by atoms with van der Waals surface area (Å²) in [5, 5.41) is 25.3. The first-order valence-corrected chi connectivity index (χ1v) is 11.9. The molecule has 0 bridgehead atoms. The van der Waals surface area contributed by atoms with E-state index in [0.717, 1.165) is 37.2 Å². The molecule has 0 spiro atoms. The van der Waals surface area contributed by atoms with Crippen molar-refractivity contribution in [1.82, 2.24) is 10.6 Å². The summed E-state index contributed by atoms with van der Waals surface area (Å²) in [6, 6.07) is 5.57. The Balaban J connectivity index is 1.60. The van der Waals surface area contributed by atoms with Gasteiger partial charge in [-0.1, -0.05) is 31.4 Å². The SMILES string of the molecule is O=C(O)CN1C(=O)[C@@H](N[C@@H](CCCCC2CCNCC2)C(=O)O)CSc2ccccc21. The lowest BCUT2D eigenvalue weighted by molar-refractivity contribution is -0.140. The summed E-state index contributed by atoms with van der Waals surface area (Å²) in [6.07, 6.45) is 5.65. The lowest BCUT2D eigenvalue weighted by Crippen LogP contribution is -2.53. The molecule has 1 fully saturated rings. The molecule has 2 atom stereocenters. The van der Waals surface area contributed by atoms with Gasteiger partial charge in [0.25, 0.3) is 0 Å². The normalized spacial score (nSPS) is 20.7. The van der Waals surface area contributed by atoms with Gasteiger partial charge in [-0.3, -0.25) is 24.6 Å². The minimum Gasteiger partial charge on any atom is -0.480 e. The fraction of sp³-hybridized carbons (Fsp3) is 0.591. The Morgan fingerprint density at radius 2 is 1.94 bits per heavy atom. The van der Waals surface area contributed by atoms with E-state index >= 15 is 0 Å². The van der Waals surface area contributed by atoms with Gasteiger partial charge in [-0.15, -0.1) is 11.8 Å². The van der Waals surface area contributed by atoms with Crippen LogP contribution in [0.3, 0.4) is 0 Å². The maximum Gasteiger partial charge on any atom is 0.323 e. The molecule has 0 aromatic heterocycles. The zero-order valence-electron chi connectivity index (χ0n) is 17.6. The monoisotopic (exact) mass is 449 g/mol. The van der Waals surface area contributed by atoms with Gasteiger partial charge in [-0.25, -0.2) is 0 Å². The number of hydrogen-bond donors (Lipinski definition) is 4. The second-order valence-corrected chi connectivity index (χ2v) is 9.25. The number of nitrogens with zero attached hydrogens (tertiary/aromatic N) is 1. The summed E-state index contributed by atoms with van der Waals surface area (Å²) < 4.78 is 0. The third kappa shape index (κ3) is 6.69. The standard InChI is InChI=1S/C22H31N3O5S/c26-20(27)13-25-18-7-3-4-8-19(18)31-14-17(21(25)28)24-16(22(29)30)6-2-1-5-15-9-11-23-12-10-15/h3-4,7-8,15-17,23-24H,1-2,5-6,9-14H2,(H,26,27)(H,29,30)/t16-,17-/m0/s1. The van der Waals surface area contributed by atoms with Crippen LogP contribution in [0.4, 0.5) is 5.69 Å². The fourth-order valence-corrected chi connectivity index (χ4v) is 5.33. The summed E-state index contributed by atoms with van der Waals surface area (Å²) in [4.78, 5) is 38.4. The van der Waals surface area contributed by atoms with Gasteiger partial charge in [0.2, 0.25) is 5.91 Å². The first-order chi connectivity index (χ1) is 15.0. The van der Waals surface area contributed by atoms with E-state index in [0.29, 0.717) is 23.8 Å². The van der Waals surface area contributed by atoms with Gasteiger partial charge in [0.15, 0.2) is 0 Å². The second kappa shape index (κ2) is 11.5. The zero-order chi connectivity index (χ0) is 22.2. The number of amides is 1. The average Bonchev–Trinajstić information content (AvgIpc) is 2.88. The van der Waals surface area contributed by atoms with Crippen LogP contribution in [0.5, 0.6) is 0 Å². The van der Waals surface area contributed by atoms with E-state index in [1.165, 1.54) is 29.5 Å². The van der Waals surface area contributed by atoms with Crippen molar-refractivity contribution in [3.8, 4) is 0 Å². The number of anilines is 1. The fourth-order valence-electron chi connectivity index (χ4n) is 4.24. The number of carboxylic acids is 2. The Kier molecular flexibility index (Phi) is 8.74. The van der Waals surface area contributed by atoms with E-state index in [2.05, 4.69) is 10.6 Å². The minimum absolute atomic E-state index is 0.352. The van der Waals surface area contributed by atoms with Crippen LogP contribution in [-0.4, -0.2) is 65.5 Å². The minimum atomic E-state index is -1.11. The zero-order valence-corrected chi connectivity index (χ0v) is 18.4. The average molecular weight is 450 g/mol. The smallest absolute Gasteiger partial charge is 0.323 e. The predicted octanol–water partition coefficient (Wildman–Crippen LogP) is 2.18. The van der Waals surface area contributed by atoms with Gasteiger partial charge in [0.05, 0.1) is 11.7 Å². The van der Waals surface area contributed by atoms with E-state index < -0.39 is 36.5 Å². The molecule has 1 aromatic rings. The Morgan fingerprint density at radius 1 is 1.19 bits per heavy atom. The number of nitrogens with one attached hydrogen (secondary N) is 2. The maximum atomic E-state index is 13.1. The van der Waals surface area contributed by atoms with Crippen LogP contribution >= 0.6 is 11.8 Å². The molecule has 170 valence electrons. The highest BCUT2D eigenvalue weighted by molar-refractivity contribution is 7.99. The van der Waals surface area contributed by atoms with E-state index in [-0.39, 0.29) is 0 Å². The predicted molar refractivity (Wildman–Crippen MR) is 120 cm³/mol. The van der Waals surface area contributed by atoms with Gasteiger partial charge in [-0.2, -0.15) is 0 Å². The summed E-state index contributed by atoms with van der Waals surface area (Å²) in [5.41, 5.74) is 0.554. The molecule has 31 heavy (non-hydrogen) atoms. The Labute approximate surface area is 186 Å². The van der Waals surface area contributed by atoms with Gasteiger partial charge in [-0.05, 0) is 50.4 Å².